The first-order valence-corrected chi connectivity index (χ1v) is 20.5. The minimum absolute atomic E-state index is 0.355. The van der Waals surface area contributed by atoms with Gasteiger partial charge in [-0.1, -0.05) is 0 Å². The number of hydrogen-bond donors (Lipinski definition) is 0. The number of rotatable bonds is 8. The molecule has 0 unspecified atom stereocenters. The molecule has 134 valence electrons. The van der Waals surface area contributed by atoms with E-state index in [0.717, 1.165) is 37.8 Å². The summed E-state index contributed by atoms with van der Waals surface area (Å²) in [6.45, 7) is 5.51. The maximum atomic E-state index is 14.7. The molecule has 2 aliphatic rings. The van der Waals surface area contributed by atoms with Gasteiger partial charge in [0.05, 0.1) is 0 Å². The van der Waals surface area contributed by atoms with Gasteiger partial charge in [0.25, 0.3) is 0 Å². The van der Waals surface area contributed by atoms with Gasteiger partial charge < -0.3 is 0 Å². The summed E-state index contributed by atoms with van der Waals surface area (Å²) in [5, 5.41) is 0. The van der Waals surface area contributed by atoms with Crippen molar-refractivity contribution in [2.75, 3.05) is 0 Å². The molecule has 0 aliphatic heterocycles. The van der Waals surface area contributed by atoms with E-state index >= 15 is 0 Å². The van der Waals surface area contributed by atoms with Crippen molar-refractivity contribution in [1.29, 1.82) is 0 Å². The first kappa shape index (κ1) is 20.2. The van der Waals surface area contributed by atoms with E-state index in [1.807, 2.05) is 25.2 Å². The van der Waals surface area contributed by atoms with Gasteiger partial charge in [-0.05, 0) is 0 Å². The summed E-state index contributed by atoms with van der Waals surface area (Å²) in [4.78, 5) is 0. The van der Waals surface area contributed by atoms with E-state index in [1.54, 1.807) is 6.08 Å². The van der Waals surface area contributed by atoms with Crippen molar-refractivity contribution in [1.82, 2.24) is 0 Å². The summed E-state index contributed by atoms with van der Waals surface area (Å²) in [6.07, 6.45) is 15.1. The van der Waals surface area contributed by atoms with E-state index in [-0.39, 0.29) is 0 Å². The molecule has 2 rings (SSSR count). The van der Waals surface area contributed by atoms with Crippen LogP contribution in [0.15, 0.2) is 42.5 Å². The van der Waals surface area contributed by atoms with Crippen molar-refractivity contribution in [3.8, 4) is 0 Å². The van der Waals surface area contributed by atoms with Gasteiger partial charge in [-0.3, -0.25) is 0 Å². The Morgan fingerprint density at radius 1 is 1.08 bits per heavy atom. The van der Waals surface area contributed by atoms with Crippen LogP contribution in [0.5, 0.6) is 0 Å². The van der Waals surface area contributed by atoms with Crippen LogP contribution < -0.4 is 0 Å². The Labute approximate surface area is 146 Å². The molecule has 0 saturated carbocycles. The van der Waals surface area contributed by atoms with E-state index in [2.05, 4.69) is 13.0 Å². The van der Waals surface area contributed by atoms with Gasteiger partial charge in [0.1, 0.15) is 0 Å². The molecule has 0 aromatic heterocycles. The normalized spacial score (nSPS) is 18.7. The molecule has 0 spiro atoms. The maximum absolute atomic E-state index is 14.7. The Bertz CT molecular complexity index is 665. The van der Waals surface area contributed by atoms with Gasteiger partial charge in [0.2, 0.25) is 0 Å². The average Bonchev–Trinajstić information content (AvgIpc) is 3.21. The molecule has 0 heterocycles. The fourth-order valence-corrected chi connectivity index (χ4v) is 21.9. The molecule has 0 amide bonds. The van der Waals surface area contributed by atoms with Crippen molar-refractivity contribution in [3.05, 3.63) is 42.5 Å². The Morgan fingerprint density at radius 3 is 2.33 bits per heavy atom. The molecular weight excluding hydrogens is 405 g/mol. The summed E-state index contributed by atoms with van der Waals surface area (Å²) < 4.78 is 42.0. The molecule has 0 nitrogen and oxygen atoms in total. The van der Waals surface area contributed by atoms with Gasteiger partial charge in [0, 0.05) is 0 Å². The molecule has 0 bridgehead atoms. The number of halogens is 3. The van der Waals surface area contributed by atoms with Crippen LogP contribution in [0, 0.1) is 0 Å². The molecule has 0 aromatic carbocycles. The number of alkyl halides is 3. The second-order valence-corrected chi connectivity index (χ2v) is 30.7. The van der Waals surface area contributed by atoms with E-state index in [0.29, 0.717) is 23.4 Å². The van der Waals surface area contributed by atoms with Crippen LogP contribution in [0.4, 0.5) is 13.2 Å². The summed E-state index contributed by atoms with van der Waals surface area (Å²) >= 11 is -5.24. The van der Waals surface area contributed by atoms with Crippen molar-refractivity contribution >= 4 is 6.88 Å². The number of allylic oxidation sites excluding steroid dienone is 8. The molecule has 2 aliphatic carbocycles. The summed E-state index contributed by atoms with van der Waals surface area (Å²) in [5.41, 5.74) is 1.13. The molecule has 0 N–H and O–H groups in total. The van der Waals surface area contributed by atoms with Crippen LogP contribution >= 0.6 is 0 Å². The minimum atomic E-state index is -5.24. The van der Waals surface area contributed by atoms with Crippen molar-refractivity contribution in [3.63, 3.8) is 0 Å². The quantitative estimate of drug-likeness (QED) is 0.399. The average molecular weight is 434 g/mol. The monoisotopic (exact) mass is 432 g/mol. The predicted molar refractivity (Wildman–Crippen MR) is 96.5 cm³/mol. The van der Waals surface area contributed by atoms with Crippen molar-refractivity contribution in [2.24, 2.45) is 0 Å². The first-order valence-electron chi connectivity index (χ1n) is 9.14. The molecule has 0 radical (unpaired) electrons. The van der Waals surface area contributed by atoms with E-state index in [1.165, 1.54) is 6.88 Å². The summed E-state index contributed by atoms with van der Waals surface area (Å²) in [6, 6.07) is 0. The number of unbranched alkanes of at least 4 members (excludes halogenated alkanes) is 2. The van der Waals surface area contributed by atoms with Crippen LogP contribution in [0.1, 0.15) is 58.8 Å². The summed E-state index contributed by atoms with van der Waals surface area (Å²) in [7, 11) is 0. The zero-order valence-corrected chi connectivity index (χ0v) is 18.8. The third-order valence-electron chi connectivity index (χ3n) is 5.85. The molecule has 0 atom stereocenters. The Balaban J connectivity index is 2.53. The Kier molecular flexibility index (Phi) is 6.40. The molecule has 0 fully saturated rings. The van der Waals surface area contributed by atoms with Gasteiger partial charge in [-0.25, -0.2) is 0 Å². The van der Waals surface area contributed by atoms with Crippen LogP contribution in [0.3, 0.4) is 0 Å². The molecule has 0 saturated heterocycles. The molecule has 0 aromatic rings. The standard InChI is InChI=1S/C9H13.C5H5.C4H9.CF3.H2Si.Zr/c1-2-3-6-9-7-4-5-8-9;1-2-4-5-3-1;1-3-4-2;2-1(3)4;;/h7-8H,2-4,6H2,1H3;1-3H,4H2;1,3-4H2,2H3;;1H2;. The summed E-state index contributed by atoms with van der Waals surface area (Å²) in [5.74, 6) is 0. The van der Waals surface area contributed by atoms with Crippen LogP contribution in [0.2, 0.25) is 4.13 Å². The molecular formula is C19H29F3SiZr. The topological polar surface area (TPSA) is 0 Å². The van der Waals surface area contributed by atoms with Crippen LogP contribution in [-0.2, 0) is 17.4 Å². The van der Waals surface area contributed by atoms with E-state index in [9.17, 15) is 13.2 Å². The Hall–Kier alpha value is -0.150. The fraction of sp³-hybridized carbons (Fsp3) is 0.579. The number of hydrogen-bond acceptors (Lipinski definition) is 0. The van der Waals surface area contributed by atoms with Crippen molar-refractivity contribution < 1.29 is 30.6 Å². The van der Waals surface area contributed by atoms with Crippen molar-refractivity contribution in [2.45, 2.75) is 66.8 Å². The van der Waals surface area contributed by atoms with Gasteiger partial charge in [0.15, 0.2) is 0 Å². The third kappa shape index (κ3) is 3.28. The predicted octanol–water partition coefficient (Wildman–Crippen LogP) is 6.21. The second-order valence-electron chi connectivity index (χ2n) is 7.37. The fourth-order valence-electron chi connectivity index (χ4n) is 4.05. The van der Waals surface area contributed by atoms with Crippen LogP contribution in [-0.4, -0.2) is 10.8 Å². The molecule has 5 heteroatoms. The first-order chi connectivity index (χ1) is 11.3. The van der Waals surface area contributed by atoms with Crippen LogP contribution in [0.25, 0.3) is 0 Å². The van der Waals surface area contributed by atoms with Gasteiger partial charge >= 0.3 is 147 Å². The zero-order chi connectivity index (χ0) is 17.9. The Morgan fingerprint density at radius 2 is 1.79 bits per heavy atom. The second kappa shape index (κ2) is 7.61. The SMILES string of the molecule is CCCCC1=CC[C]([Zr](=[SiH2])([CH2]CCC)([C]2=CC=CC2)[C](F)(F)F)=C1. The van der Waals surface area contributed by atoms with Gasteiger partial charge in [-0.2, -0.15) is 0 Å². The van der Waals surface area contributed by atoms with E-state index in [4.69, 9.17) is 0 Å². The molecule has 24 heavy (non-hydrogen) atoms. The zero-order valence-electron chi connectivity index (χ0n) is 14.9. The van der Waals surface area contributed by atoms with Gasteiger partial charge in [-0.15, -0.1) is 0 Å². The van der Waals surface area contributed by atoms with E-state index < -0.39 is 21.3 Å². The third-order valence-corrected chi connectivity index (χ3v) is 32.0.